The maximum atomic E-state index is 11.9. The van der Waals surface area contributed by atoms with E-state index in [9.17, 15) is 9.59 Å². The number of ether oxygens (including phenoxy) is 4. The van der Waals surface area contributed by atoms with Gasteiger partial charge in [0, 0.05) is 4.47 Å². The van der Waals surface area contributed by atoms with Crippen molar-refractivity contribution in [3.05, 3.63) is 56.6 Å². The minimum Gasteiger partial charge on any atom is -0.493 e. The molecule has 2 aromatic carbocycles. The van der Waals surface area contributed by atoms with Gasteiger partial charge in [-0.25, -0.2) is 9.59 Å². The van der Waals surface area contributed by atoms with Crippen molar-refractivity contribution in [1.82, 2.24) is 0 Å². The number of halogens is 1. The summed E-state index contributed by atoms with van der Waals surface area (Å²) < 4.78 is 21.7. The first-order chi connectivity index (χ1) is 17.4. The molecule has 3 aliphatic carbocycles. The Kier molecular flexibility index (Phi) is 8.60. The molecule has 0 heterocycles. The zero-order chi connectivity index (χ0) is 25.8. The highest BCUT2D eigenvalue weighted by Crippen LogP contribution is 2.51. The molecule has 0 amide bonds. The molecule has 0 saturated heterocycles. The number of esters is 2. The molecule has 0 unspecified atom stereocenters. The van der Waals surface area contributed by atoms with Gasteiger partial charge in [0.05, 0.1) is 27.4 Å². The second kappa shape index (κ2) is 11.7. The van der Waals surface area contributed by atoms with E-state index in [-0.39, 0.29) is 11.9 Å². The second-order valence-electron chi connectivity index (χ2n) is 9.52. The molecule has 7 heteroatoms. The van der Waals surface area contributed by atoms with E-state index in [0.717, 1.165) is 4.47 Å². The molecule has 0 aromatic heterocycles. The van der Waals surface area contributed by atoms with Crippen LogP contribution in [0.1, 0.15) is 108 Å². The summed E-state index contributed by atoms with van der Waals surface area (Å²) in [6.45, 7) is 4.94. The summed E-state index contributed by atoms with van der Waals surface area (Å²) >= 11 is 3.51. The zero-order valence-electron chi connectivity index (χ0n) is 21.5. The van der Waals surface area contributed by atoms with E-state index < -0.39 is 0 Å². The molecule has 6 nitrogen and oxygen atoms in total. The van der Waals surface area contributed by atoms with E-state index in [1.165, 1.54) is 69.4 Å². The third-order valence-corrected chi connectivity index (χ3v) is 7.43. The minimum absolute atomic E-state index is 0.298. The van der Waals surface area contributed by atoms with Gasteiger partial charge in [0.2, 0.25) is 0 Å². The summed E-state index contributed by atoms with van der Waals surface area (Å²) in [4.78, 5) is 23.5. The van der Waals surface area contributed by atoms with E-state index in [1.54, 1.807) is 6.07 Å². The minimum atomic E-state index is -0.364. The van der Waals surface area contributed by atoms with Crippen LogP contribution in [0.5, 0.6) is 11.5 Å². The van der Waals surface area contributed by atoms with Crippen molar-refractivity contribution in [1.29, 1.82) is 0 Å². The summed E-state index contributed by atoms with van der Waals surface area (Å²) in [6.07, 6.45) is 7.44. The summed E-state index contributed by atoms with van der Waals surface area (Å²) in [6, 6.07) is 7.85. The van der Waals surface area contributed by atoms with Gasteiger partial charge in [-0.05, 0) is 111 Å². The molecule has 3 aliphatic rings. The fraction of sp³-hybridized carbons (Fsp3) is 0.517. The molecule has 0 N–H and O–H groups in total. The summed E-state index contributed by atoms with van der Waals surface area (Å²) in [7, 11) is 2.80. The number of methoxy groups -OCH3 is 2. The second-order valence-corrected chi connectivity index (χ2v) is 10.4. The summed E-state index contributed by atoms with van der Waals surface area (Å²) in [5.41, 5.74) is 5.03. The maximum Gasteiger partial charge on any atom is 0.341 e. The Morgan fingerprint density at radius 1 is 0.694 bits per heavy atom. The molecular formula is C29H35BrO6. The van der Waals surface area contributed by atoms with Crippen LogP contribution in [0.3, 0.4) is 0 Å². The average Bonchev–Trinajstić information content (AvgIpc) is 3.73. The van der Waals surface area contributed by atoms with Crippen LogP contribution in [0, 0.1) is 0 Å². The van der Waals surface area contributed by atoms with Crippen molar-refractivity contribution in [3.8, 4) is 11.5 Å². The first-order valence-corrected chi connectivity index (χ1v) is 13.6. The summed E-state index contributed by atoms with van der Waals surface area (Å²) in [5.74, 6) is 2.57. The van der Waals surface area contributed by atoms with Crippen LogP contribution in [-0.2, 0) is 9.47 Å². The van der Waals surface area contributed by atoms with Gasteiger partial charge in [0.15, 0.2) is 0 Å². The van der Waals surface area contributed by atoms with Crippen LogP contribution < -0.4 is 9.47 Å². The third kappa shape index (κ3) is 6.23. The highest BCUT2D eigenvalue weighted by molar-refractivity contribution is 9.10. The van der Waals surface area contributed by atoms with E-state index in [2.05, 4.69) is 22.0 Å². The standard InChI is InChI=1S/C16H20O3.C13H15BrO3/c1-3-19-15-9-13(11-6-7-11)12(10-4-5-10)8-14(15)16(17)18-2;1-3-17-12-7-9(8-4-5-8)11(14)6-10(12)13(15)16-2/h8-11H,3-7H2,1-2H3;6-8H,3-5H2,1-2H3. The lowest BCUT2D eigenvalue weighted by Crippen LogP contribution is -2.08. The van der Waals surface area contributed by atoms with Crippen LogP contribution >= 0.6 is 15.9 Å². The maximum absolute atomic E-state index is 11.9. The van der Waals surface area contributed by atoms with Crippen LogP contribution in [0.15, 0.2) is 28.7 Å². The third-order valence-electron chi connectivity index (χ3n) is 6.75. The fourth-order valence-corrected chi connectivity index (χ4v) is 5.14. The molecule has 5 rings (SSSR count). The molecule has 0 aliphatic heterocycles. The molecule has 0 spiro atoms. The Labute approximate surface area is 221 Å². The van der Waals surface area contributed by atoms with Gasteiger partial charge in [-0.3, -0.25) is 0 Å². The smallest absolute Gasteiger partial charge is 0.341 e. The molecule has 2 aromatic rings. The Morgan fingerprint density at radius 2 is 1.08 bits per heavy atom. The van der Waals surface area contributed by atoms with E-state index in [0.29, 0.717) is 53.6 Å². The van der Waals surface area contributed by atoms with Gasteiger partial charge in [0.25, 0.3) is 0 Å². The van der Waals surface area contributed by atoms with Gasteiger partial charge in [-0.15, -0.1) is 0 Å². The lowest BCUT2D eigenvalue weighted by atomic mass is 9.96. The van der Waals surface area contributed by atoms with Gasteiger partial charge >= 0.3 is 11.9 Å². The lowest BCUT2D eigenvalue weighted by molar-refractivity contribution is 0.0587. The zero-order valence-corrected chi connectivity index (χ0v) is 23.1. The first-order valence-electron chi connectivity index (χ1n) is 12.8. The molecule has 194 valence electrons. The Balaban J connectivity index is 0.000000170. The van der Waals surface area contributed by atoms with Crippen LogP contribution in [0.4, 0.5) is 0 Å². The van der Waals surface area contributed by atoms with Crippen molar-refractivity contribution in [2.45, 2.75) is 70.1 Å². The normalized spacial score (nSPS) is 16.5. The average molecular weight is 559 g/mol. The largest absolute Gasteiger partial charge is 0.493 e. The predicted molar refractivity (Wildman–Crippen MR) is 142 cm³/mol. The molecule has 0 bridgehead atoms. The van der Waals surface area contributed by atoms with E-state index >= 15 is 0 Å². The number of carbonyl (C=O) groups excluding carboxylic acids is 2. The van der Waals surface area contributed by atoms with E-state index in [4.69, 9.17) is 18.9 Å². The van der Waals surface area contributed by atoms with Crippen molar-refractivity contribution in [2.75, 3.05) is 27.4 Å². The van der Waals surface area contributed by atoms with Gasteiger partial charge in [-0.1, -0.05) is 15.9 Å². The van der Waals surface area contributed by atoms with Crippen LogP contribution in [-0.4, -0.2) is 39.4 Å². The topological polar surface area (TPSA) is 71.1 Å². The number of hydrogen-bond acceptors (Lipinski definition) is 6. The number of benzene rings is 2. The first kappa shape index (κ1) is 26.5. The Bertz CT molecular complexity index is 1120. The molecule has 3 fully saturated rings. The number of carbonyl (C=O) groups is 2. The van der Waals surface area contributed by atoms with Crippen molar-refractivity contribution in [2.24, 2.45) is 0 Å². The highest BCUT2D eigenvalue weighted by Gasteiger charge is 2.34. The van der Waals surface area contributed by atoms with Gasteiger partial charge in [0.1, 0.15) is 22.6 Å². The van der Waals surface area contributed by atoms with Crippen molar-refractivity contribution >= 4 is 27.9 Å². The van der Waals surface area contributed by atoms with Crippen LogP contribution in [0.2, 0.25) is 0 Å². The van der Waals surface area contributed by atoms with Gasteiger partial charge in [-0.2, -0.15) is 0 Å². The fourth-order valence-electron chi connectivity index (χ4n) is 4.47. The molecule has 0 radical (unpaired) electrons. The Hall–Kier alpha value is -2.54. The van der Waals surface area contributed by atoms with Crippen molar-refractivity contribution < 1.29 is 28.5 Å². The molecular weight excluding hydrogens is 524 g/mol. The SMILES string of the molecule is CCOc1cc(C2CC2)c(Br)cc1C(=O)OC.CCOc1cc(C2CC2)c(C2CC2)cc1C(=O)OC. The van der Waals surface area contributed by atoms with Gasteiger partial charge < -0.3 is 18.9 Å². The summed E-state index contributed by atoms with van der Waals surface area (Å²) in [5, 5.41) is 0. The molecule has 0 atom stereocenters. The highest BCUT2D eigenvalue weighted by atomic mass is 79.9. The van der Waals surface area contributed by atoms with Crippen molar-refractivity contribution in [3.63, 3.8) is 0 Å². The van der Waals surface area contributed by atoms with Crippen LogP contribution in [0.25, 0.3) is 0 Å². The predicted octanol–water partition coefficient (Wildman–Crippen LogP) is 7.14. The molecule has 36 heavy (non-hydrogen) atoms. The Morgan fingerprint density at radius 3 is 1.50 bits per heavy atom. The quantitative estimate of drug-likeness (QED) is 0.304. The van der Waals surface area contributed by atoms with E-state index in [1.807, 2.05) is 26.0 Å². The number of rotatable bonds is 9. The monoisotopic (exact) mass is 558 g/mol. The number of hydrogen-bond donors (Lipinski definition) is 0. The molecule has 3 saturated carbocycles. The lowest BCUT2D eigenvalue weighted by Gasteiger charge is -2.15.